The van der Waals surface area contributed by atoms with E-state index in [0.29, 0.717) is 17.6 Å². The Labute approximate surface area is 145 Å². The van der Waals surface area contributed by atoms with Crippen molar-refractivity contribution in [1.29, 1.82) is 0 Å². The van der Waals surface area contributed by atoms with Crippen LogP contribution in [0.4, 0.5) is 0 Å². The number of nitrogens with zero attached hydrogens (tertiary/aromatic N) is 1. The van der Waals surface area contributed by atoms with E-state index in [4.69, 9.17) is 4.42 Å². The minimum atomic E-state index is -0.231. The minimum Gasteiger partial charge on any atom is -0.467 e. The third kappa shape index (κ3) is 2.97. The summed E-state index contributed by atoms with van der Waals surface area (Å²) in [6, 6.07) is 12.8. The first kappa shape index (κ1) is 15.7. The first-order chi connectivity index (χ1) is 12.2. The molecule has 128 valence electrons. The number of fused-ring (bicyclic) bond motifs is 1. The van der Waals surface area contributed by atoms with Gasteiger partial charge in [-0.3, -0.25) is 9.59 Å². The van der Waals surface area contributed by atoms with Crippen LogP contribution in [0.3, 0.4) is 0 Å². The van der Waals surface area contributed by atoms with Crippen molar-refractivity contribution in [3.05, 3.63) is 70.5 Å². The predicted molar refractivity (Wildman–Crippen MR) is 95.5 cm³/mol. The van der Waals surface area contributed by atoms with Gasteiger partial charge in [0.1, 0.15) is 11.5 Å². The zero-order valence-electron chi connectivity index (χ0n) is 13.9. The standard InChI is InChI=1S/C20H20N2O3/c23-19-15-8-4-3-7-14(15)13-16(21-19)20(24)22-11-5-1-2-9-17(22)18-10-6-12-25-18/h3-4,6-8,10,12-13,17H,1-2,5,9,11H2,(H,21,23). The van der Waals surface area contributed by atoms with Crippen molar-refractivity contribution >= 4 is 16.7 Å². The van der Waals surface area contributed by atoms with E-state index in [1.165, 1.54) is 0 Å². The highest BCUT2D eigenvalue weighted by Gasteiger charge is 2.29. The van der Waals surface area contributed by atoms with Crippen molar-refractivity contribution < 1.29 is 9.21 Å². The maximum Gasteiger partial charge on any atom is 0.271 e. The number of furan rings is 1. The number of hydrogen-bond donors (Lipinski definition) is 1. The van der Waals surface area contributed by atoms with Crippen LogP contribution in [0.15, 0.2) is 57.9 Å². The van der Waals surface area contributed by atoms with E-state index in [1.807, 2.05) is 35.2 Å². The minimum absolute atomic E-state index is 0.0834. The van der Waals surface area contributed by atoms with Crippen LogP contribution in [0, 0.1) is 0 Å². The predicted octanol–water partition coefficient (Wildman–Crippen LogP) is 3.88. The number of likely N-dealkylation sites (tertiary alicyclic amines) is 1. The molecule has 5 heteroatoms. The normalized spacial score (nSPS) is 18.2. The Morgan fingerprint density at radius 3 is 2.84 bits per heavy atom. The molecule has 1 fully saturated rings. The second-order valence-electron chi connectivity index (χ2n) is 6.48. The third-order valence-corrected chi connectivity index (χ3v) is 4.87. The molecule has 1 atom stereocenters. The van der Waals surface area contributed by atoms with Crippen molar-refractivity contribution in [1.82, 2.24) is 9.88 Å². The van der Waals surface area contributed by atoms with Gasteiger partial charge in [-0.25, -0.2) is 0 Å². The molecule has 0 radical (unpaired) electrons. The largest absolute Gasteiger partial charge is 0.467 e. The summed E-state index contributed by atoms with van der Waals surface area (Å²) in [4.78, 5) is 30.1. The number of aromatic nitrogens is 1. The Kier molecular flexibility index (Phi) is 4.14. The van der Waals surface area contributed by atoms with E-state index in [2.05, 4.69) is 4.98 Å². The number of hydrogen-bond acceptors (Lipinski definition) is 3. The Morgan fingerprint density at radius 1 is 1.12 bits per heavy atom. The molecule has 1 aliphatic heterocycles. The van der Waals surface area contributed by atoms with E-state index >= 15 is 0 Å². The van der Waals surface area contributed by atoms with Gasteiger partial charge in [0.05, 0.1) is 12.3 Å². The number of carbonyl (C=O) groups is 1. The molecule has 5 nitrogen and oxygen atoms in total. The summed E-state index contributed by atoms with van der Waals surface area (Å²) in [7, 11) is 0. The monoisotopic (exact) mass is 336 g/mol. The van der Waals surface area contributed by atoms with Gasteiger partial charge in [-0.1, -0.05) is 31.0 Å². The maximum absolute atomic E-state index is 13.2. The lowest BCUT2D eigenvalue weighted by Gasteiger charge is -2.28. The molecule has 0 aliphatic carbocycles. The Bertz CT molecular complexity index is 943. The SMILES string of the molecule is O=C(c1cc2ccccc2c(=O)[nH]1)N1CCCCCC1c1ccco1. The Hall–Kier alpha value is -2.82. The molecule has 1 saturated heterocycles. The fourth-order valence-electron chi connectivity index (χ4n) is 3.61. The topological polar surface area (TPSA) is 66.3 Å². The van der Waals surface area contributed by atoms with Gasteiger partial charge in [0, 0.05) is 11.9 Å². The number of H-pyrrole nitrogens is 1. The van der Waals surface area contributed by atoms with Crippen LogP contribution in [0.1, 0.15) is 48.0 Å². The molecule has 1 aromatic carbocycles. The molecule has 0 bridgehead atoms. The van der Waals surface area contributed by atoms with Crippen LogP contribution in [0.25, 0.3) is 10.8 Å². The number of aromatic amines is 1. The fraction of sp³-hybridized carbons (Fsp3) is 0.300. The number of nitrogens with one attached hydrogen (secondary N) is 1. The molecular formula is C20H20N2O3. The van der Waals surface area contributed by atoms with Crippen molar-refractivity contribution in [2.45, 2.75) is 31.7 Å². The second kappa shape index (κ2) is 6.59. The van der Waals surface area contributed by atoms with Gasteiger partial charge >= 0.3 is 0 Å². The lowest BCUT2D eigenvalue weighted by atomic mass is 10.1. The summed E-state index contributed by atoms with van der Waals surface area (Å²) in [6.07, 6.45) is 5.62. The third-order valence-electron chi connectivity index (χ3n) is 4.87. The Balaban J connectivity index is 1.74. The van der Waals surface area contributed by atoms with Gasteiger partial charge in [-0.15, -0.1) is 0 Å². The maximum atomic E-state index is 13.2. The van der Waals surface area contributed by atoms with Crippen molar-refractivity contribution in [3.63, 3.8) is 0 Å². The first-order valence-corrected chi connectivity index (χ1v) is 8.70. The molecule has 1 aliphatic rings. The molecule has 4 rings (SSSR count). The van der Waals surface area contributed by atoms with Crippen molar-refractivity contribution in [2.75, 3.05) is 6.54 Å². The van der Waals surface area contributed by atoms with Crippen LogP contribution >= 0.6 is 0 Å². The van der Waals surface area contributed by atoms with Gasteiger partial charge in [-0.05, 0) is 42.5 Å². The molecule has 0 spiro atoms. The summed E-state index contributed by atoms with van der Waals surface area (Å²) >= 11 is 0. The average molecular weight is 336 g/mol. The fourth-order valence-corrected chi connectivity index (χ4v) is 3.61. The van der Waals surface area contributed by atoms with Gasteiger partial charge in [0.2, 0.25) is 0 Å². The van der Waals surface area contributed by atoms with E-state index in [9.17, 15) is 9.59 Å². The number of rotatable bonds is 2. The first-order valence-electron chi connectivity index (χ1n) is 8.70. The summed E-state index contributed by atoms with van der Waals surface area (Å²) in [5, 5.41) is 1.37. The summed E-state index contributed by atoms with van der Waals surface area (Å²) in [5.74, 6) is 0.657. The van der Waals surface area contributed by atoms with E-state index < -0.39 is 0 Å². The molecule has 1 N–H and O–H groups in total. The zero-order valence-corrected chi connectivity index (χ0v) is 13.9. The van der Waals surface area contributed by atoms with E-state index in [0.717, 1.165) is 36.8 Å². The van der Waals surface area contributed by atoms with Gasteiger partial charge in [0.25, 0.3) is 11.5 Å². The van der Waals surface area contributed by atoms with Crippen LogP contribution in [-0.4, -0.2) is 22.3 Å². The van der Waals surface area contributed by atoms with Crippen LogP contribution in [-0.2, 0) is 0 Å². The lowest BCUT2D eigenvalue weighted by molar-refractivity contribution is 0.0652. The molecule has 2 aromatic heterocycles. The quantitative estimate of drug-likeness (QED) is 0.772. The molecular weight excluding hydrogens is 316 g/mol. The van der Waals surface area contributed by atoms with Crippen molar-refractivity contribution in [2.24, 2.45) is 0 Å². The molecule has 1 unspecified atom stereocenters. The van der Waals surface area contributed by atoms with Crippen LogP contribution in [0.5, 0.6) is 0 Å². The highest BCUT2D eigenvalue weighted by atomic mass is 16.3. The number of carbonyl (C=O) groups excluding carboxylic acids is 1. The highest BCUT2D eigenvalue weighted by molar-refractivity contribution is 5.96. The zero-order chi connectivity index (χ0) is 17.2. The number of amides is 1. The lowest BCUT2D eigenvalue weighted by Crippen LogP contribution is -2.36. The van der Waals surface area contributed by atoms with E-state index in [1.54, 1.807) is 18.4 Å². The van der Waals surface area contributed by atoms with Crippen LogP contribution in [0.2, 0.25) is 0 Å². The molecule has 0 saturated carbocycles. The average Bonchev–Trinajstić information content (AvgIpc) is 3.05. The smallest absolute Gasteiger partial charge is 0.271 e. The Morgan fingerprint density at radius 2 is 2.00 bits per heavy atom. The number of benzene rings is 1. The van der Waals surface area contributed by atoms with E-state index in [-0.39, 0.29) is 17.5 Å². The highest BCUT2D eigenvalue weighted by Crippen LogP contribution is 2.31. The summed E-state index contributed by atoms with van der Waals surface area (Å²) in [6.45, 7) is 0.666. The second-order valence-corrected chi connectivity index (χ2v) is 6.48. The molecule has 3 heterocycles. The van der Waals surface area contributed by atoms with Gasteiger partial charge in [0.15, 0.2) is 0 Å². The molecule has 1 amide bonds. The van der Waals surface area contributed by atoms with Crippen molar-refractivity contribution in [3.8, 4) is 0 Å². The summed E-state index contributed by atoms with van der Waals surface area (Å²) < 4.78 is 5.57. The van der Waals surface area contributed by atoms with Gasteiger partial charge < -0.3 is 14.3 Å². The molecule has 3 aromatic rings. The number of pyridine rings is 1. The summed E-state index contributed by atoms with van der Waals surface area (Å²) in [5.41, 5.74) is 0.105. The molecule has 25 heavy (non-hydrogen) atoms. The van der Waals surface area contributed by atoms with Gasteiger partial charge in [-0.2, -0.15) is 0 Å². The van der Waals surface area contributed by atoms with Crippen LogP contribution < -0.4 is 5.56 Å².